The molecule has 0 bridgehead atoms. The van der Waals surface area contributed by atoms with Crippen molar-refractivity contribution in [3.8, 4) is 11.1 Å². The molecule has 0 saturated carbocycles. The van der Waals surface area contributed by atoms with Gasteiger partial charge in [0.2, 0.25) is 0 Å². The van der Waals surface area contributed by atoms with Gasteiger partial charge < -0.3 is 9.41 Å². The van der Waals surface area contributed by atoms with Crippen LogP contribution >= 0.6 is 0 Å². The van der Waals surface area contributed by atoms with Crippen LogP contribution in [-0.4, -0.2) is 3.21 Å². The minimum Gasteiger partial charge on any atom is -0.179 e. The summed E-state index contributed by atoms with van der Waals surface area (Å²) in [5.41, 5.74) is 8.17. The maximum Gasteiger partial charge on any atom is -0.0253 e. The first kappa shape index (κ1) is 27.2. The minimum atomic E-state index is 0. The molecule has 4 aromatic carbocycles. The van der Waals surface area contributed by atoms with Crippen LogP contribution in [0.2, 0.25) is 0 Å². The summed E-state index contributed by atoms with van der Waals surface area (Å²) in [4.78, 5) is 0. The summed E-state index contributed by atoms with van der Waals surface area (Å²) >= 11 is 1.46. The van der Waals surface area contributed by atoms with E-state index in [1.807, 2.05) is 18.2 Å². The molecule has 168 valence electrons. The van der Waals surface area contributed by atoms with Crippen LogP contribution in [0.4, 0.5) is 0 Å². The van der Waals surface area contributed by atoms with Crippen molar-refractivity contribution in [2.75, 3.05) is 0 Å². The summed E-state index contributed by atoms with van der Waals surface area (Å²) in [5, 5.41) is 0. The second-order valence-corrected chi connectivity index (χ2v) is 8.74. The minimum absolute atomic E-state index is 0. The molecule has 2 aliphatic carbocycles. The van der Waals surface area contributed by atoms with Gasteiger partial charge in [-0.1, -0.05) is 35.4 Å². The molecule has 0 saturated heterocycles. The molecule has 0 N–H and O–H groups in total. The van der Waals surface area contributed by atoms with Gasteiger partial charge in [-0.05, 0) is 6.42 Å². The molecule has 0 amide bonds. The normalized spacial score (nSPS) is 11.4. The van der Waals surface area contributed by atoms with Gasteiger partial charge in [-0.15, -0.1) is 12.0 Å². The third-order valence-corrected chi connectivity index (χ3v) is 6.75. The first-order chi connectivity index (χ1) is 15.8. The van der Waals surface area contributed by atoms with E-state index >= 15 is 0 Å². The first-order valence-corrected chi connectivity index (χ1v) is 12.0. The standard InChI is InChI=1S/C13H9.C13H10.C5H5.2FH.Zr/c1-3-7-12-10(5-1)9-11-6-2-4-8-13(11)12;1-3-7-12(8-4-1)11-13-9-5-2-6-10-13;1-2-4-5-3-1;;;/h1-5,7-8H,9H2;1-10H;1-3H,4H2;2*1H;/q-1;;-1;;;+2/p-2. The van der Waals surface area contributed by atoms with Crippen molar-refractivity contribution < 1.29 is 33.6 Å². The molecule has 0 spiro atoms. The number of rotatable bonds is 2. The van der Waals surface area contributed by atoms with Gasteiger partial charge in [-0.3, -0.25) is 6.08 Å². The second kappa shape index (κ2) is 14.3. The van der Waals surface area contributed by atoms with Gasteiger partial charge in [0, 0.05) is 0 Å². The number of hydrogen-bond acceptors (Lipinski definition) is 0. The summed E-state index contributed by atoms with van der Waals surface area (Å²) in [6, 6.07) is 39.2. The summed E-state index contributed by atoms with van der Waals surface area (Å²) in [6.45, 7) is 0. The van der Waals surface area contributed by atoms with Gasteiger partial charge in [0.05, 0.1) is 0 Å². The van der Waals surface area contributed by atoms with Crippen molar-refractivity contribution in [2.24, 2.45) is 0 Å². The quantitative estimate of drug-likeness (QED) is 0.304. The third kappa shape index (κ3) is 7.24. The second-order valence-electron chi connectivity index (χ2n) is 7.51. The molecule has 0 unspecified atom stereocenters. The molecule has 6 rings (SSSR count). The molecule has 0 nitrogen and oxygen atoms in total. The van der Waals surface area contributed by atoms with E-state index in [0.29, 0.717) is 0 Å². The first-order valence-electron chi connectivity index (χ1n) is 10.8. The fourth-order valence-electron chi connectivity index (χ4n) is 3.71. The summed E-state index contributed by atoms with van der Waals surface area (Å²) in [5.74, 6) is 0. The molecule has 4 aromatic rings. The van der Waals surface area contributed by atoms with Crippen LogP contribution < -0.4 is 9.41 Å². The van der Waals surface area contributed by atoms with Crippen molar-refractivity contribution in [1.29, 1.82) is 0 Å². The van der Waals surface area contributed by atoms with Gasteiger partial charge in [-0.2, -0.15) is 35.9 Å². The van der Waals surface area contributed by atoms with E-state index in [1.54, 1.807) is 0 Å². The average Bonchev–Trinajstić information content (AvgIpc) is 3.57. The van der Waals surface area contributed by atoms with Crippen LogP contribution in [0.25, 0.3) is 11.1 Å². The Labute approximate surface area is 215 Å². The molecule has 2 aliphatic rings. The van der Waals surface area contributed by atoms with Crippen LogP contribution in [-0.2, 0) is 30.7 Å². The van der Waals surface area contributed by atoms with Crippen molar-refractivity contribution in [2.45, 2.75) is 12.8 Å². The molecular weight excluding hydrogens is 502 g/mol. The van der Waals surface area contributed by atoms with Crippen LogP contribution in [0, 0.1) is 12.1 Å². The zero-order valence-electron chi connectivity index (χ0n) is 18.7. The molecule has 0 radical (unpaired) electrons. The van der Waals surface area contributed by atoms with Gasteiger partial charge in [0.1, 0.15) is 0 Å². The predicted molar refractivity (Wildman–Crippen MR) is 131 cm³/mol. The Bertz CT molecular complexity index is 1130. The summed E-state index contributed by atoms with van der Waals surface area (Å²) in [7, 11) is 0. The third-order valence-electron chi connectivity index (χ3n) is 5.33. The fourth-order valence-corrected chi connectivity index (χ4v) is 4.53. The summed E-state index contributed by atoms with van der Waals surface area (Å²) in [6.07, 6.45) is 11.0. The number of halogens is 2. The molecule has 0 aliphatic heterocycles. The van der Waals surface area contributed by atoms with Crippen molar-refractivity contribution >= 4 is 3.21 Å². The van der Waals surface area contributed by atoms with Crippen LogP contribution in [0.5, 0.6) is 0 Å². The Morgan fingerprint density at radius 1 is 0.676 bits per heavy atom. The molecule has 0 aromatic heterocycles. The Hall–Kier alpha value is -3.03. The monoisotopic (exact) mass is 524 g/mol. The average molecular weight is 526 g/mol. The van der Waals surface area contributed by atoms with Gasteiger partial charge in [0.15, 0.2) is 0 Å². The van der Waals surface area contributed by atoms with Crippen LogP contribution in [0.3, 0.4) is 0 Å². The van der Waals surface area contributed by atoms with E-state index in [2.05, 4.69) is 115 Å². The predicted octanol–water partition coefficient (Wildman–Crippen LogP) is 1.17. The van der Waals surface area contributed by atoms with E-state index in [0.717, 1.165) is 12.8 Å². The van der Waals surface area contributed by atoms with E-state index in [9.17, 15) is 0 Å². The maximum atomic E-state index is 3.30. The zero-order valence-corrected chi connectivity index (χ0v) is 21.2. The Kier molecular flexibility index (Phi) is 11.4. The molecule has 34 heavy (non-hydrogen) atoms. The van der Waals surface area contributed by atoms with E-state index in [4.69, 9.17) is 0 Å². The van der Waals surface area contributed by atoms with Crippen molar-refractivity contribution in [1.82, 2.24) is 0 Å². The van der Waals surface area contributed by atoms with Crippen molar-refractivity contribution in [3.63, 3.8) is 0 Å². The van der Waals surface area contributed by atoms with Crippen molar-refractivity contribution in [3.05, 3.63) is 156 Å². The zero-order chi connectivity index (χ0) is 22.0. The number of fused-ring (bicyclic) bond motifs is 3. The molecule has 0 heterocycles. The molecule has 0 fully saturated rings. The Balaban J connectivity index is 0.000000191. The number of allylic oxidation sites excluding steroid dienone is 4. The number of benzene rings is 4. The molecular formula is C31H24F2Zr-2. The van der Waals surface area contributed by atoms with E-state index in [1.165, 1.54) is 60.8 Å². The van der Waals surface area contributed by atoms with Gasteiger partial charge in [0.25, 0.3) is 0 Å². The Morgan fingerprint density at radius 3 is 1.82 bits per heavy atom. The maximum absolute atomic E-state index is 3.30. The van der Waals surface area contributed by atoms with Crippen LogP contribution in [0.15, 0.2) is 121 Å². The van der Waals surface area contributed by atoms with Crippen LogP contribution in [0.1, 0.15) is 28.7 Å². The Morgan fingerprint density at radius 2 is 1.26 bits per heavy atom. The fraction of sp³-hybridized carbons (Fsp3) is 0.0645. The van der Waals surface area contributed by atoms with E-state index < -0.39 is 0 Å². The van der Waals surface area contributed by atoms with E-state index in [-0.39, 0.29) is 9.41 Å². The molecule has 0 atom stereocenters. The van der Waals surface area contributed by atoms with Gasteiger partial charge >= 0.3 is 99.2 Å². The molecule has 3 heteroatoms. The summed E-state index contributed by atoms with van der Waals surface area (Å²) < 4.78 is 1.42. The largest absolute Gasteiger partial charge is 0.179 e. The smallest absolute Gasteiger partial charge is 0.0253 e. The topological polar surface area (TPSA) is 0 Å². The SMILES string of the molecule is [C-]1=CC=CC1.[F-].[F-].[Zr+2]=[C](c1ccccc1)c1ccccc1.[c-]1cccc2c1Cc1ccccc1-2. The van der Waals surface area contributed by atoms with Gasteiger partial charge in [-0.25, -0.2) is 12.2 Å². The number of hydrogen-bond donors (Lipinski definition) is 0.